The minimum Gasteiger partial charge on any atom is -0.368 e. The average Bonchev–Trinajstić information content (AvgIpc) is 2.21. The first-order valence-electron chi connectivity index (χ1n) is 4.75. The second-order valence-electron chi connectivity index (χ2n) is 3.50. The summed E-state index contributed by atoms with van der Waals surface area (Å²) in [5.41, 5.74) is 4.73. The molecule has 1 aromatic carbocycles. The van der Waals surface area contributed by atoms with Crippen LogP contribution in [0.1, 0.15) is 11.6 Å². The van der Waals surface area contributed by atoms with Crippen molar-refractivity contribution in [3.8, 4) is 0 Å². The number of alkyl halides is 3. The number of carbonyl (C=O) groups is 1. The Hall–Kier alpha value is -1.15. The standard InChI is InChI=1S/C10H9BrF4N2O/c11-5-1-2-7(12)6(3-5)8(9(16)18)17-4-10(13,14)15/h1-3,8,17H,4H2,(H2,16,18). The SMILES string of the molecule is NC(=O)C(NCC(F)(F)F)c1cc(Br)ccc1F. The second kappa shape index (κ2) is 5.66. The molecule has 1 atom stereocenters. The van der Waals surface area contributed by atoms with Crippen LogP contribution in [0.15, 0.2) is 22.7 Å². The van der Waals surface area contributed by atoms with Gasteiger partial charge < -0.3 is 5.73 Å². The summed E-state index contributed by atoms with van der Waals surface area (Å²) in [6, 6.07) is 2.06. The third kappa shape index (κ3) is 4.26. The molecule has 0 aromatic heterocycles. The maximum Gasteiger partial charge on any atom is 0.401 e. The number of nitrogens with two attached hydrogens (primary N) is 1. The van der Waals surface area contributed by atoms with Crippen molar-refractivity contribution in [3.63, 3.8) is 0 Å². The van der Waals surface area contributed by atoms with Crippen LogP contribution in [0.2, 0.25) is 0 Å². The minimum absolute atomic E-state index is 0.235. The summed E-state index contributed by atoms with van der Waals surface area (Å²) < 4.78 is 50.1. The number of hydrogen-bond acceptors (Lipinski definition) is 2. The maximum atomic E-state index is 13.5. The Kier molecular flexibility index (Phi) is 4.69. The van der Waals surface area contributed by atoms with E-state index in [1.807, 2.05) is 5.32 Å². The molecule has 0 radical (unpaired) electrons. The van der Waals surface area contributed by atoms with E-state index in [-0.39, 0.29) is 5.56 Å². The van der Waals surface area contributed by atoms with E-state index in [0.717, 1.165) is 6.07 Å². The maximum absolute atomic E-state index is 13.5. The fourth-order valence-corrected chi connectivity index (χ4v) is 1.70. The van der Waals surface area contributed by atoms with Gasteiger partial charge in [0.15, 0.2) is 0 Å². The van der Waals surface area contributed by atoms with E-state index in [1.165, 1.54) is 12.1 Å². The molecule has 3 N–H and O–H groups in total. The second-order valence-corrected chi connectivity index (χ2v) is 4.41. The van der Waals surface area contributed by atoms with Gasteiger partial charge in [0.2, 0.25) is 5.91 Å². The summed E-state index contributed by atoms with van der Waals surface area (Å²) in [7, 11) is 0. The Labute approximate surface area is 108 Å². The number of rotatable bonds is 4. The Bertz CT molecular complexity index is 450. The van der Waals surface area contributed by atoms with Gasteiger partial charge >= 0.3 is 6.18 Å². The molecule has 0 saturated heterocycles. The number of amides is 1. The largest absolute Gasteiger partial charge is 0.401 e. The van der Waals surface area contributed by atoms with Gasteiger partial charge in [0, 0.05) is 10.0 Å². The molecule has 1 amide bonds. The van der Waals surface area contributed by atoms with Gasteiger partial charge in [0.25, 0.3) is 0 Å². The number of carbonyl (C=O) groups excluding carboxylic acids is 1. The molecule has 0 spiro atoms. The normalized spacial score (nSPS) is 13.4. The lowest BCUT2D eigenvalue weighted by Crippen LogP contribution is -2.39. The number of nitrogens with one attached hydrogen (secondary N) is 1. The fourth-order valence-electron chi connectivity index (χ4n) is 1.32. The van der Waals surface area contributed by atoms with Crippen molar-refractivity contribution in [3.05, 3.63) is 34.1 Å². The predicted octanol–water partition coefficient (Wildman–Crippen LogP) is 2.27. The Morgan fingerprint density at radius 2 is 2.06 bits per heavy atom. The topological polar surface area (TPSA) is 55.1 Å². The van der Waals surface area contributed by atoms with Crippen molar-refractivity contribution >= 4 is 21.8 Å². The highest BCUT2D eigenvalue weighted by molar-refractivity contribution is 9.10. The molecule has 1 aromatic rings. The lowest BCUT2D eigenvalue weighted by Gasteiger charge is -2.18. The van der Waals surface area contributed by atoms with Gasteiger partial charge in [-0.2, -0.15) is 13.2 Å². The van der Waals surface area contributed by atoms with Crippen molar-refractivity contribution in [1.82, 2.24) is 5.32 Å². The molecular formula is C10H9BrF4N2O. The van der Waals surface area contributed by atoms with Crippen LogP contribution in [0.4, 0.5) is 17.6 Å². The van der Waals surface area contributed by atoms with E-state index in [1.54, 1.807) is 0 Å². The third-order valence-corrected chi connectivity index (χ3v) is 2.55. The number of benzene rings is 1. The van der Waals surface area contributed by atoms with Crippen LogP contribution in [-0.4, -0.2) is 18.6 Å². The smallest absolute Gasteiger partial charge is 0.368 e. The number of hydrogen-bond donors (Lipinski definition) is 2. The van der Waals surface area contributed by atoms with Crippen molar-refractivity contribution < 1.29 is 22.4 Å². The molecule has 100 valence electrons. The van der Waals surface area contributed by atoms with E-state index in [0.29, 0.717) is 4.47 Å². The molecule has 0 aliphatic rings. The summed E-state index contributed by atoms with van der Waals surface area (Å²) in [6.07, 6.45) is -4.52. The molecule has 0 heterocycles. The van der Waals surface area contributed by atoms with Gasteiger partial charge in [-0.05, 0) is 18.2 Å². The third-order valence-electron chi connectivity index (χ3n) is 2.06. The molecule has 18 heavy (non-hydrogen) atoms. The molecule has 0 fully saturated rings. The van der Waals surface area contributed by atoms with Crippen LogP contribution in [0.5, 0.6) is 0 Å². The van der Waals surface area contributed by atoms with Crippen molar-refractivity contribution in [2.75, 3.05) is 6.54 Å². The molecule has 3 nitrogen and oxygen atoms in total. The predicted molar refractivity (Wildman–Crippen MR) is 60.1 cm³/mol. The first-order valence-corrected chi connectivity index (χ1v) is 5.54. The van der Waals surface area contributed by atoms with Gasteiger partial charge in [-0.25, -0.2) is 4.39 Å². The molecule has 0 bridgehead atoms. The van der Waals surface area contributed by atoms with Gasteiger partial charge in [-0.15, -0.1) is 0 Å². The van der Waals surface area contributed by atoms with E-state index in [4.69, 9.17) is 5.73 Å². The van der Waals surface area contributed by atoms with Crippen LogP contribution < -0.4 is 11.1 Å². The summed E-state index contributed by atoms with van der Waals surface area (Å²) in [5.74, 6) is -1.90. The van der Waals surface area contributed by atoms with Crippen LogP contribution in [-0.2, 0) is 4.79 Å². The first kappa shape index (κ1) is 14.9. The molecule has 0 aliphatic heterocycles. The highest BCUT2D eigenvalue weighted by Crippen LogP contribution is 2.23. The summed E-state index contributed by atoms with van der Waals surface area (Å²) in [6.45, 7) is -1.44. The zero-order chi connectivity index (χ0) is 13.9. The highest BCUT2D eigenvalue weighted by atomic mass is 79.9. The molecule has 0 aliphatic carbocycles. The van der Waals surface area contributed by atoms with Gasteiger partial charge in [-0.3, -0.25) is 10.1 Å². The Morgan fingerprint density at radius 3 is 2.56 bits per heavy atom. The van der Waals surface area contributed by atoms with Gasteiger partial charge in [-0.1, -0.05) is 15.9 Å². The summed E-state index contributed by atoms with van der Waals surface area (Å²) in [5, 5.41) is 1.88. The van der Waals surface area contributed by atoms with Gasteiger partial charge in [0.1, 0.15) is 11.9 Å². The van der Waals surface area contributed by atoms with E-state index in [2.05, 4.69) is 15.9 Å². The quantitative estimate of drug-likeness (QED) is 0.833. The molecule has 1 rings (SSSR count). The molecule has 1 unspecified atom stereocenters. The minimum atomic E-state index is -4.52. The summed E-state index contributed by atoms with van der Waals surface area (Å²) in [4.78, 5) is 11.1. The van der Waals surface area contributed by atoms with Crippen LogP contribution >= 0.6 is 15.9 Å². The summed E-state index contributed by atoms with van der Waals surface area (Å²) >= 11 is 3.04. The van der Waals surface area contributed by atoms with E-state index < -0.39 is 30.5 Å². The van der Waals surface area contributed by atoms with Crippen LogP contribution in [0.25, 0.3) is 0 Å². The number of halogens is 5. The van der Waals surface area contributed by atoms with Crippen LogP contribution in [0, 0.1) is 5.82 Å². The first-order chi connectivity index (χ1) is 8.20. The molecule has 8 heteroatoms. The fraction of sp³-hybridized carbons (Fsp3) is 0.300. The number of primary amides is 1. The average molecular weight is 329 g/mol. The van der Waals surface area contributed by atoms with Crippen molar-refractivity contribution in [2.45, 2.75) is 12.2 Å². The zero-order valence-electron chi connectivity index (χ0n) is 8.89. The van der Waals surface area contributed by atoms with Crippen molar-refractivity contribution in [1.29, 1.82) is 0 Å². The zero-order valence-corrected chi connectivity index (χ0v) is 10.5. The van der Waals surface area contributed by atoms with E-state index >= 15 is 0 Å². The lowest BCUT2D eigenvalue weighted by atomic mass is 10.1. The molecular weight excluding hydrogens is 320 g/mol. The highest BCUT2D eigenvalue weighted by Gasteiger charge is 2.31. The molecule has 0 saturated carbocycles. The van der Waals surface area contributed by atoms with Gasteiger partial charge in [0.05, 0.1) is 6.54 Å². The van der Waals surface area contributed by atoms with E-state index in [9.17, 15) is 22.4 Å². The van der Waals surface area contributed by atoms with Crippen LogP contribution in [0.3, 0.4) is 0 Å². The van der Waals surface area contributed by atoms with Crippen molar-refractivity contribution in [2.24, 2.45) is 5.73 Å². The Balaban J connectivity index is 2.98. The Morgan fingerprint density at radius 1 is 1.44 bits per heavy atom. The monoisotopic (exact) mass is 328 g/mol. The lowest BCUT2D eigenvalue weighted by molar-refractivity contribution is -0.131.